The average molecular weight is 762 g/mol. The lowest BCUT2D eigenvalue weighted by molar-refractivity contribution is -0.253. The molecule has 4 aromatic rings. The molecular formula is C36H29ClF9NO5. The first-order valence-corrected chi connectivity index (χ1v) is 15.8. The summed E-state index contributed by atoms with van der Waals surface area (Å²) < 4.78 is 139. The van der Waals surface area contributed by atoms with Crippen LogP contribution in [0.5, 0.6) is 11.5 Å². The largest absolute Gasteiger partial charge is 0.494 e. The van der Waals surface area contributed by atoms with E-state index >= 15 is 4.39 Å². The maximum atomic E-state index is 15.2. The molecule has 0 fully saturated rings. The number of alkyl halides is 7. The fourth-order valence-electron chi connectivity index (χ4n) is 5.36. The molecule has 52 heavy (non-hydrogen) atoms. The molecule has 0 unspecified atom stereocenters. The number of methoxy groups -OCH3 is 1. The van der Waals surface area contributed by atoms with Gasteiger partial charge in [0.2, 0.25) is 0 Å². The van der Waals surface area contributed by atoms with Gasteiger partial charge in [-0.15, -0.1) is 0 Å². The number of nitrogens with zero attached hydrogens (tertiary/aromatic N) is 1. The number of esters is 1. The van der Waals surface area contributed by atoms with Crippen molar-refractivity contribution in [3.63, 3.8) is 0 Å². The minimum atomic E-state index is -5.18. The number of ketones is 1. The normalized spacial score (nSPS) is 13.1. The van der Waals surface area contributed by atoms with E-state index in [1.165, 1.54) is 31.4 Å². The van der Waals surface area contributed by atoms with Gasteiger partial charge in [-0.2, -0.15) is 30.7 Å². The van der Waals surface area contributed by atoms with E-state index in [0.29, 0.717) is 42.4 Å². The van der Waals surface area contributed by atoms with Crippen molar-refractivity contribution in [2.24, 2.45) is 0 Å². The second-order valence-electron chi connectivity index (χ2n) is 11.6. The van der Waals surface area contributed by atoms with E-state index < -0.39 is 64.8 Å². The van der Waals surface area contributed by atoms with Crippen LogP contribution in [0.2, 0.25) is 5.02 Å². The summed E-state index contributed by atoms with van der Waals surface area (Å²) in [6.45, 7) is 0.233. The highest BCUT2D eigenvalue weighted by Gasteiger charge is 2.45. The molecule has 0 amide bonds. The van der Waals surface area contributed by atoms with Gasteiger partial charge in [0, 0.05) is 36.1 Å². The highest BCUT2D eigenvalue weighted by molar-refractivity contribution is 6.30. The zero-order chi connectivity index (χ0) is 38.3. The molecule has 0 saturated heterocycles. The highest BCUT2D eigenvalue weighted by Crippen LogP contribution is 2.43. The monoisotopic (exact) mass is 761 g/mol. The van der Waals surface area contributed by atoms with E-state index in [9.17, 15) is 44.7 Å². The smallest absolute Gasteiger partial charge is 0.461 e. The van der Waals surface area contributed by atoms with Crippen molar-refractivity contribution >= 4 is 23.4 Å². The number of Topliss-reactive ketones (excluding diaryl/α,β-unsaturated/α-hetero) is 1. The van der Waals surface area contributed by atoms with Crippen LogP contribution in [0.1, 0.15) is 58.4 Å². The van der Waals surface area contributed by atoms with E-state index in [-0.39, 0.29) is 41.7 Å². The number of aromatic nitrogens is 1. The Hall–Kier alpha value is -4.79. The van der Waals surface area contributed by atoms with Crippen LogP contribution < -0.4 is 9.47 Å². The average Bonchev–Trinajstić information content (AvgIpc) is 3.07. The van der Waals surface area contributed by atoms with Gasteiger partial charge in [0.05, 0.1) is 30.0 Å². The molecule has 1 atom stereocenters. The fraction of sp³-hybridized carbons (Fsp3) is 0.306. The molecule has 278 valence electrons. The summed E-state index contributed by atoms with van der Waals surface area (Å²) in [5, 5.41) is 0.102. The van der Waals surface area contributed by atoms with Crippen LogP contribution in [0.4, 0.5) is 39.5 Å². The summed E-state index contributed by atoms with van der Waals surface area (Å²) in [5.41, 5.74) is -4.22. The summed E-state index contributed by atoms with van der Waals surface area (Å²) in [4.78, 5) is 29.5. The minimum absolute atomic E-state index is 0.0495. The van der Waals surface area contributed by atoms with Gasteiger partial charge in [-0.3, -0.25) is 14.6 Å². The van der Waals surface area contributed by atoms with Crippen molar-refractivity contribution < 1.29 is 63.3 Å². The molecule has 0 bridgehead atoms. The van der Waals surface area contributed by atoms with Gasteiger partial charge in [0.15, 0.2) is 5.78 Å². The van der Waals surface area contributed by atoms with Gasteiger partial charge >= 0.3 is 24.7 Å². The number of carbonyl (C=O) groups is 2. The van der Waals surface area contributed by atoms with Crippen LogP contribution in [0.15, 0.2) is 79.0 Å². The Kier molecular flexibility index (Phi) is 12.8. The van der Waals surface area contributed by atoms with E-state index in [2.05, 4.69) is 14.5 Å². The van der Waals surface area contributed by atoms with Crippen LogP contribution in [0.3, 0.4) is 0 Å². The third kappa shape index (κ3) is 10.2. The topological polar surface area (TPSA) is 74.7 Å². The molecule has 16 heteroatoms. The van der Waals surface area contributed by atoms with E-state index in [1.54, 1.807) is 12.1 Å². The van der Waals surface area contributed by atoms with Gasteiger partial charge in [0.1, 0.15) is 23.1 Å². The Balaban J connectivity index is 1.83. The predicted molar refractivity (Wildman–Crippen MR) is 170 cm³/mol. The van der Waals surface area contributed by atoms with Crippen LogP contribution >= 0.6 is 11.6 Å². The third-order valence-electron chi connectivity index (χ3n) is 7.91. The summed E-state index contributed by atoms with van der Waals surface area (Å²) in [6.07, 6.45) is -13.3. The SMILES string of the molecule is COC(=O)CCCCOc1ccc(C[C@](CC(=O)c2ccc(F)c(C(F)(F)F)c2)(c2cc(F)cc(OC(F)(F)C(F)F)c2)c2ccc(Cl)cn2)cc1. The van der Waals surface area contributed by atoms with Crippen molar-refractivity contribution in [2.75, 3.05) is 13.7 Å². The van der Waals surface area contributed by atoms with Crippen molar-refractivity contribution in [2.45, 2.75) is 56.2 Å². The predicted octanol–water partition coefficient (Wildman–Crippen LogP) is 9.79. The maximum Gasteiger partial charge on any atom is 0.461 e. The first-order chi connectivity index (χ1) is 24.4. The molecule has 3 aromatic carbocycles. The second-order valence-corrected chi connectivity index (χ2v) is 12.0. The number of carbonyl (C=O) groups excluding carboxylic acids is 2. The van der Waals surface area contributed by atoms with Crippen LogP contribution in [-0.2, 0) is 27.5 Å². The van der Waals surface area contributed by atoms with Gasteiger partial charge in [0.25, 0.3) is 0 Å². The maximum absolute atomic E-state index is 15.2. The molecule has 0 aliphatic heterocycles. The quantitative estimate of drug-likeness (QED) is 0.0490. The number of hydrogen-bond donors (Lipinski definition) is 0. The molecule has 0 saturated carbocycles. The Morgan fingerprint density at radius 3 is 2.19 bits per heavy atom. The summed E-state index contributed by atoms with van der Waals surface area (Å²) in [7, 11) is 1.27. The zero-order valence-corrected chi connectivity index (χ0v) is 27.8. The van der Waals surface area contributed by atoms with Gasteiger partial charge in [-0.25, -0.2) is 8.78 Å². The number of unbranched alkanes of at least 4 members (excludes halogenated alkanes) is 1. The van der Waals surface area contributed by atoms with E-state index in [0.717, 1.165) is 24.4 Å². The molecule has 0 N–H and O–H groups in total. The van der Waals surface area contributed by atoms with Crippen molar-refractivity contribution in [1.29, 1.82) is 0 Å². The molecule has 1 heterocycles. The molecule has 0 spiro atoms. The third-order valence-corrected chi connectivity index (χ3v) is 8.13. The Morgan fingerprint density at radius 1 is 0.865 bits per heavy atom. The molecule has 6 nitrogen and oxygen atoms in total. The lowest BCUT2D eigenvalue weighted by atomic mass is 9.68. The number of pyridine rings is 1. The molecule has 0 aliphatic carbocycles. The minimum Gasteiger partial charge on any atom is -0.494 e. The van der Waals surface area contributed by atoms with Crippen LogP contribution in [0, 0.1) is 11.6 Å². The first-order valence-electron chi connectivity index (χ1n) is 15.4. The first kappa shape index (κ1) is 40.0. The Bertz CT molecular complexity index is 1850. The van der Waals surface area contributed by atoms with Gasteiger partial charge in [-0.1, -0.05) is 23.7 Å². The lowest BCUT2D eigenvalue weighted by Crippen LogP contribution is -2.36. The summed E-state index contributed by atoms with van der Waals surface area (Å²) >= 11 is 6.06. The Labute approximate surface area is 296 Å². The Morgan fingerprint density at radius 2 is 1.58 bits per heavy atom. The van der Waals surface area contributed by atoms with Gasteiger partial charge in [-0.05, 0) is 85.0 Å². The molecular weight excluding hydrogens is 733 g/mol. The number of ether oxygens (including phenoxy) is 3. The van der Waals surface area contributed by atoms with E-state index in [4.69, 9.17) is 16.3 Å². The molecule has 1 aromatic heterocycles. The van der Waals surface area contributed by atoms with Crippen LogP contribution in [0.25, 0.3) is 0 Å². The molecule has 0 aliphatic rings. The standard InChI is InChI=1S/C36H29ClF9NO5/c1-50-32(49)4-2-3-13-51-26-9-5-21(6-10-26)18-34(31-12-8-24(37)20-47-31,19-30(48)22-7-11-29(39)28(14-22)35(42,43)44)23-15-25(38)17-27(16-23)52-36(45,46)33(40)41/h5-12,14-17,20,33H,2-4,13,18-19H2,1H3/t34-/m0/s1. The van der Waals surface area contributed by atoms with Crippen molar-refractivity contribution in [3.8, 4) is 11.5 Å². The van der Waals surface area contributed by atoms with Crippen LogP contribution in [-0.4, -0.2) is 43.0 Å². The zero-order valence-electron chi connectivity index (χ0n) is 27.1. The number of hydrogen-bond acceptors (Lipinski definition) is 6. The number of benzene rings is 3. The van der Waals surface area contributed by atoms with Crippen molar-refractivity contribution in [3.05, 3.63) is 124 Å². The summed E-state index contributed by atoms with van der Waals surface area (Å²) in [6, 6.07) is 12.4. The van der Waals surface area contributed by atoms with E-state index in [1.807, 2.05) is 0 Å². The molecule has 4 rings (SSSR count). The number of halogens is 10. The fourth-order valence-corrected chi connectivity index (χ4v) is 5.47. The van der Waals surface area contributed by atoms with Gasteiger partial charge < -0.3 is 14.2 Å². The number of rotatable bonds is 16. The highest BCUT2D eigenvalue weighted by atomic mass is 35.5. The molecule has 0 radical (unpaired) electrons. The lowest BCUT2D eigenvalue weighted by Gasteiger charge is -2.34. The second kappa shape index (κ2) is 16.7. The van der Waals surface area contributed by atoms with Crippen molar-refractivity contribution in [1.82, 2.24) is 4.98 Å². The summed E-state index contributed by atoms with van der Waals surface area (Å²) in [5.74, 6) is -4.97.